The van der Waals surface area contributed by atoms with Crippen molar-refractivity contribution in [3.8, 4) is 0 Å². The van der Waals surface area contributed by atoms with Gasteiger partial charge in [-0.15, -0.1) is 0 Å². The number of carbonyl (C=O) groups excluding carboxylic acids is 1. The number of hydrogen-bond acceptors (Lipinski definition) is 3. The third-order valence-corrected chi connectivity index (χ3v) is 3.44. The topological polar surface area (TPSA) is 62.5 Å². The van der Waals surface area contributed by atoms with Gasteiger partial charge >= 0.3 is 6.18 Å². The first-order valence-electron chi connectivity index (χ1n) is 6.72. The number of aliphatic hydroxyl groups excluding tert-OH is 1. The van der Waals surface area contributed by atoms with Crippen LogP contribution in [0.25, 0.3) is 11.0 Å². The van der Waals surface area contributed by atoms with Crippen molar-refractivity contribution in [3.05, 3.63) is 35.1 Å². The number of halogens is 3. The van der Waals surface area contributed by atoms with E-state index in [1.807, 2.05) is 19.9 Å². The Morgan fingerprint density at radius 2 is 1.91 bits per heavy atom. The van der Waals surface area contributed by atoms with Crippen molar-refractivity contribution < 1.29 is 27.5 Å². The zero-order chi connectivity index (χ0) is 16.5. The highest BCUT2D eigenvalue weighted by Gasteiger charge is 2.37. The molecule has 1 aromatic carbocycles. The first-order chi connectivity index (χ1) is 10.2. The van der Waals surface area contributed by atoms with Gasteiger partial charge in [-0.25, -0.2) is 0 Å². The first kappa shape index (κ1) is 16.4. The Labute approximate surface area is 124 Å². The molecule has 1 amide bonds. The summed E-state index contributed by atoms with van der Waals surface area (Å²) in [6.45, 7) is 3.55. The van der Waals surface area contributed by atoms with Crippen LogP contribution in [0.1, 0.15) is 28.1 Å². The molecular weight excluding hydrogens is 299 g/mol. The van der Waals surface area contributed by atoms with Crippen LogP contribution in [-0.4, -0.2) is 29.8 Å². The van der Waals surface area contributed by atoms with Crippen LogP contribution in [0.2, 0.25) is 0 Å². The van der Waals surface area contributed by atoms with E-state index in [0.717, 1.165) is 16.5 Å². The monoisotopic (exact) mass is 315 g/mol. The first-order valence-corrected chi connectivity index (χ1v) is 6.72. The number of nitrogens with one attached hydrogen (secondary N) is 1. The van der Waals surface area contributed by atoms with Crippen molar-refractivity contribution in [2.75, 3.05) is 6.54 Å². The van der Waals surface area contributed by atoms with Gasteiger partial charge in [0, 0.05) is 11.9 Å². The maximum absolute atomic E-state index is 12.1. The molecule has 2 rings (SSSR count). The second-order valence-electron chi connectivity index (χ2n) is 5.19. The van der Waals surface area contributed by atoms with Gasteiger partial charge in [0.05, 0.1) is 0 Å². The highest BCUT2D eigenvalue weighted by atomic mass is 19.4. The number of aryl methyl sites for hydroxylation is 2. The van der Waals surface area contributed by atoms with Gasteiger partial charge in [-0.05, 0) is 49.6 Å². The molecule has 0 aliphatic rings. The van der Waals surface area contributed by atoms with Crippen LogP contribution in [0.5, 0.6) is 0 Å². The summed E-state index contributed by atoms with van der Waals surface area (Å²) in [4.78, 5) is 11.8. The van der Waals surface area contributed by atoms with Crippen LogP contribution < -0.4 is 5.32 Å². The molecule has 0 aliphatic carbocycles. The molecule has 0 spiro atoms. The Kier molecular flexibility index (Phi) is 4.46. The second-order valence-corrected chi connectivity index (χ2v) is 5.19. The predicted octanol–water partition coefficient (Wildman–Crippen LogP) is 3.09. The molecule has 0 aliphatic heterocycles. The summed E-state index contributed by atoms with van der Waals surface area (Å²) in [5.74, 6) is -0.581. The van der Waals surface area contributed by atoms with Gasteiger partial charge in [-0.2, -0.15) is 13.2 Å². The van der Waals surface area contributed by atoms with E-state index in [1.165, 1.54) is 6.07 Å². The summed E-state index contributed by atoms with van der Waals surface area (Å²) in [7, 11) is 0. The molecule has 22 heavy (non-hydrogen) atoms. The van der Waals surface area contributed by atoms with Crippen LogP contribution in [0.4, 0.5) is 13.2 Å². The Hall–Kier alpha value is -2.02. The molecule has 0 saturated carbocycles. The summed E-state index contributed by atoms with van der Waals surface area (Å²) in [5.41, 5.74) is 2.61. The van der Waals surface area contributed by atoms with Gasteiger partial charge in [0.15, 0.2) is 11.9 Å². The Bertz CT molecular complexity index is 652. The maximum Gasteiger partial charge on any atom is 0.414 e. The zero-order valence-electron chi connectivity index (χ0n) is 12.1. The van der Waals surface area contributed by atoms with Crippen molar-refractivity contribution in [3.63, 3.8) is 0 Å². The average molecular weight is 315 g/mol. The second kappa shape index (κ2) is 6.00. The summed E-state index contributed by atoms with van der Waals surface area (Å²) in [6, 6.07) is 5.21. The minimum atomic E-state index is -4.68. The van der Waals surface area contributed by atoms with E-state index in [1.54, 1.807) is 6.07 Å². The molecular formula is C15H16F3NO3. The number of fused-ring (bicyclic) bond motifs is 1. The third kappa shape index (κ3) is 3.59. The molecule has 1 atom stereocenters. The van der Waals surface area contributed by atoms with E-state index < -0.39 is 24.6 Å². The molecule has 4 nitrogen and oxygen atoms in total. The van der Waals surface area contributed by atoms with E-state index in [4.69, 9.17) is 9.52 Å². The van der Waals surface area contributed by atoms with E-state index in [2.05, 4.69) is 5.32 Å². The highest BCUT2D eigenvalue weighted by Crippen LogP contribution is 2.24. The third-order valence-electron chi connectivity index (χ3n) is 3.44. The number of carbonyl (C=O) groups is 1. The number of alkyl halides is 3. The number of hydrogen-bond donors (Lipinski definition) is 2. The quantitative estimate of drug-likeness (QED) is 0.911. The van der Waals surface area contributed by atoms with Crippen LogP contribution >= 0.6 is 0 Å². The molecule has 1 aromatic heterocycles. The average Bonchev–Trinajstić information content (AvgIpc) is 2.80. The molecule has 0 saturated heterocycles. The minimum absolute atomic E-state index is 0.0292. The summed E-state index contributed by atoms with van der Waals surface area (Å²) >= 11 is 0. The summed E-state index contributed by atoms with van der Waals surface area (Å²) in [6.07, 6.45) is -7.74. The van der Waals surface area contributed by atoms with Crippen molar-refractivity contribution in [2.45, 2.75) is 32.5 Å². The van der Waals surface area contributed by atoms with Gasteiger partial charge in [-0.3, -0.25) is 4.79 Å². The van der Waals surface area contributed by atoms with Crippen LogP contribution in [-0.2, 0) is 0 Å². The lowest BCUT2D eigenvalue weighted by atomic mass is 10.1. The van der Waals surface area contributed by atoms with Gasteiger partial charge in [0.2, 0.25) is 0 Å². The normalized spacial score (nSPS) is 13.4. The van der Waals surface area contributed by atoms with Gasteiger partial charge in [0.1, 0.15) is 5.58 Å². The molecule has 0 unspecified atom stereocenters. The predicted molar refractivity (Wildman–Crippen MR) is 74.7 cm³/mol. The fraction of sp³-hybridized carbons (Fsp3) is 0.400. The van der Waals surface area contributed by atoms with Gasteiger partial charge in [-0.1, -0.05) is 0 Å². The molecule has 2 aromatic rings. The van der Waals surface area contributed by atoms with E-state index in [-0.39, 0.29) is 12.3 Å². The molecule has 0 bridgehead atoms. The lowest BCUT2D eigenvalue weighted by Crippen LogP contribution is -2.33. The van der Waals surface area contributed by atoms with Crippen molar-refractivity contribution in [1.82, 2.24) is 5.32 Å². The Morgan fingerprint density at radius 3 is 2.55 bits per heavy atom. The lowest BCUT2D eigenvalue weighted by Gasteiger charge is -2.14. The van der Waals surface area contributed by atoms with E-state index >= 15 is 0 Å². The van der Waals surface area contributed by atoms with Crippen molar-refractivity contribution >= 4 is 16.9 Å². The molecule has 1 heterocycles. The number of amides is 1. The summed E-state index contributed by atoms with van der Waals surface area (Å²) < 4.78 is 41.8. The fourth-order valence-electron chi connectivity index (χ4n) is 1.99. The standard InChI is InChI=1S/C15H16F3NO3/c1-8-5-10-7-12(22-11(10)6-9(8)2)14(21)19-4-3-13(20)15(16,17)18/h5-7,13,20H,3-4H2,1-2H3,(H,19,21)/t13-/m0/s1. The Balaban J connectivity index is 2.01. The fourth-order valence-corrected chi connectivity index (χ4v) is 1.99. The molecule has 0 radical (unpaired) electrons. The largest absolute Gasteiger partial charge is 0.451 e. The molecule has 120 valence electrons. The zero-order valence-corrected chi connectivity index (χ0v) is 12.1. The molecule has 0 fully saturated rings. The van der Waals surface area contributed by atoms with Crippen LogP contribution in [0, 0.1) is 13.8 Å². The van der Waals surface area contributed by atoms with Gasteiger partial charge in [0.25, 0.3) is 5.91 Å². The van der Waals surface area contributed by atoms with Crippen LogP contribution in [0.3, 0.4) is 0 Å². The lowest BCUT2D eigenvalue weighted by molar-refractivity contribution is -0.204. The number of aliphatic hydroxyl groups is 1. The summed E-state index contributed by atoms with van der Waals surface area (Å²) in [5, 5.41) is 11.9. The minimum Gasteiger partial charge on any atom is -0.451 e. The smallest absolute Gasteiger partial charge is 0.414 e. The van der Waals surface area contributed by atoms with Crippen molar-refractivity contribution in [2.24, 2.45) is 0 Å². The van der Waals surface area contributed by atoms with E-state index in [0.29, 0.717) is 5.58 Å². The van der Waals surface area contributed by atoms with Gasteiger partial charge < -0.3 is 14.8 Å². The Morgan fingerprint density at radius 1 is 1.27 bits per heavy atom. The SMILES string of the molecule is Cc1cc2cc(C(=O)NCC[C@H](O)C(F)(F)F)oc2cc1C. The molecule has 2 N–H and O–H groups in total. The maximum atomic E-state index is 12.1. The van der Waals surface area contributed by atoms with Crippen LogP contribution in [0.15, 0.2) is 22.6 Å². The van der Waals surface area contributed by atoms with E-state index in [9.17, 15) is 18.0 Å². The highest BCUT2D eigenvalue weighted by molar-refractivity contribution is 5.96. The number of furan rings is 1. The molecule has 7 heteroatoms. The number of benzene rings is 1. The van der Waals surface area contributed by atoms with Crippen molar-refractivity contribution in [1.29, 1.82) is 0 Å². The number of rotatable bonds is 4.